The van der Waals surface area contributed by atoms with Crippen molar-refractivity contribution in [3.05, 3.63) is 83.0 Å². The van der Waals surface area contributed by atoms with Crippen LogP contribution in [-0.4, -0.2) is 33.0 Å². The quantitative estimate of drug-likeness (QED) is 0.567. The molecule has 3 rings (SSSR count). The standard InChI is InChI=1S/C16H16O5.C6H6/c1-8(2)3-4-10(17)9-7-13(20)14-11(18)5-6-12(19)15(14)16(9)21;1-2-4-6-5-3-1/h3,5-7,10,17-19H,4H2,1-2H3;1-6H/t10-;/m1./s1. The second kappa shape index (κ2) is 8.96. The molecule has 1 aliphatic rings. The van der Waals surface area contributed by atoms with Crippen molar-refractivity contribution >= 4 is 11.6 Å². The lowest BCUT2D eigenvalue weighted by Crippen LogP contribution is -2.25. The van der Waals surface area contributed by atoms with Crippen LogP contribution in [0.4, 0.5) is 0 Å². The number of carbonyl (C=O) groups is 2. The highest BCUT2D eigenvalue weighted by atomic mass is 16.3. The van der Waals surface area contributed by atoms with Gasteiger partial charge in [0.2, 0.25) is 0 Å². The summed E-state index contributed by atoms with van der Waals surface area (Å²) in [5.41, 5.74) is 0.419. The number of aromatic hydroxyl groups is 2. The van der Waals surface area contributed by atoms with Crippen molar-refractivity contribution in [1.29, 1.82) is 0 Å². The summed E-state index contributed by atoms with van der Waals surface area (Å²) in [5.74, 6) is -2.01. The van der Waals surface area contributed by atoms with Crippen LogP contribution in [0.5, 0.6) is 11.5 Å². The third-order valence-electron chi connectivity index (χ3n) is 3.96. The number of ketones is 2. The van der Waals surface area contributed by atoms with Gasteiger partial charge < -0.3 is 15.3 Å². The smallest absolute Gasteiger partial charge is 0.196 e. The van der Waals surface area contributed by atoms with Crippen LogP contribution >= 0.6 is 0 Å². The number of phenols is 2. The molecule has 5 heteroatoms. The Hall–Kier alpha value is -3.18. The number of aliphatic hydroxyl groups excluding tert-OH is 1. The molecule has 140 valence electrons. The van der Waals surface area contributed by atoms with Gasteiger partial charge in [0.15, 0.2) is 11.6 Å². The Balaban J connectivity index is 0.000000369. The van der Waals surface area contributed by atoms with E-state index in [1.54, 1.807) is 6.08 Å². The van der Waals surface area contributed by atoms with Gasteiger partial charge in [0.1, 0.15) is 11.5 Å². The average Bonchev–Trinajstić information content (AvgIpc) is 2.66. The summed E-state index contributed by atoms with van der Waals surface area (Å²) in [5, 5.41) is 29.5. The summed E-state index contributed by atoms with van der Waals surface area (Å²) in [6.07, 6.45) is 1.84. The van der Waals surface area contributed by atoms with Crippen molar-refractivity contribution in [2.75, 3.05) is 0 Å². The highest BCUT2D eigenvalue weighted by Gasteiger charge is 2.33. The van der Waals surface area contributed by atoms with Crippen molar-refractivity contribution in [2.45, 2.75) is 26.4 Å². The van der Waals surface area contributed by atoms with E-state index < -0.39 is 17.7 Å². The number of allylic oxidation sites excluding steroid dienone is 2. The lowest BCUT2D eigenvalue weighted by atomic mass is 9.85. The Morgan fingerprint density at radius 3 is 1.89 bits per heavy atom. The maximum atomic E-state index is 12.3. The molecular formula is C22H22O5. The first-order valence-corrected chi connectivity index (χ1v) is 8.50. The van der Waals surface area contributed by atoms with Gasteiger partial charge in [-0.25, -0.2) is 0 Å². The van der Waals surface area contributed by atoms with Crippen LogP contribution in [-0.2, 0) is 0 Å². The normalized spacial score (nSPS) is 13.7. The minimum Gasteiger partial charge on any atom is -0.507 e. The molecule has 0 radical (unpaired) electrons. The fraction of sp³-hybridized carbons (Fsp3) is 0.182. The average molecular weight is 366 g/mol. The van der Waals surface area contributed by atoms with Crippen LogP contribution in [0.25, 0.3) is 0 Å². The lowest BCUT2D eigenvalue weighted by molar-refractivity contribution is 0.0943. The summed E-state index contributed by atoms with van der Waals surface area (Å²) < 4.78 is 0. The molecule has 0 aliphatic heterocycles. The van der Waals surface area contributed by atoms with E-state index in [0.717, 1.165) is 23.8 Å². The SMILES string of the molecule is CC(C)=CC[C@@H](O)C1=CC(=O)c2c(O)ccc(O)c2C1=O.c1ccccc1. The monoisotopic (exact) mass is 366 g/mol. The molecule has 0 unspecified atom stereocenters. The Labute approximate surface area is 157 Å². The first-order chi connectivity index (χ1) is 12.8. The van der Waals surface area contributed by atoms with Crippen molar-refractivity contribution in [1.82, 2.24) is 0 Å². The molecule has 2 aromatic rings. The zero-order valence-corrected chi connectivity index (χ0v) is 15.2. The van der Waals surface area contributed by atoms with Crippen LogP contribution < -0.4 is 0 Å². The maximum absolute atomic E-state index is 12.3. The van der Waals surface area contributed by atoms with Gasteiger partial charge in [-0.2, -0.15) is 0 Å². The molecule has 0 heterocycles. The third-order valence-corrected chi connectivity index (χ3v) is 3.96. The molecule has 2 aromatic carbocycles. The molecule has 1 aliphatic carbocycles. The minimum absolute atomic E-state index is 0.0779. The van der Waals surface area contributed by atoms with Crippen molar-refractivity contribution in [2.24, 2.45) is 0 Å². The van der Waals surface area contributed by atoms with E-state index >= 15 is 0 Å². The number of Topliss-reactive ketones (excluding diaryl/α,β-unsaturated/α-hetero) is 1. The van der Waals surface area contributed by atoms with E-state index in [0.29, 0.717) is 0 Å². The van der Waals surface area contributed by atoms with Crippen LogP contribution in [0, 0.1) is 0 Å². The Kier molecular flexibility index (Phi) is 6.68. The van der Waals surface area contributed by atoms with Crippen LogP contribution in [0.2, 0.25) is 0 Å². The first kappa shape index (κ1) is 20.1. The predicted molar refractivity (Wildman–Crippen MR) is 103 cm³/mol. The van der Waals surface area contributed by atoms with Gasteiger partial charge in [0.25, 0.3) is 0 Å². The van der Waals surface area contributed by atoms with Gasteiger partial charge >= 0.3 is 0 Å². The lowest BCUT2D eigenvalue weighted by Gasteiger charge is -2.20. The highest BCUT2D eigenvalue weighted by molar-refractivity contribution is 6.26. The van der Waals surface area contributed by atoms with Crippen molar-refractivity contribution in [3.63, 3.8) is 0 Å². The zero-order chi connectivity index (χ0) is 20.0. The molecule has 27 heavy (non-hydrogen) atoms. The number of phenolic OH excluding ortho intramolecular Hbond substituents is 2. The fourth-order valence-electron chi connectivity index (χ4n) is 2.59. The van der Waals surface area contributed by atoms with E-state index in [2.05, 4.69) is 0 Å². The van der Waals surface area contributed by atoms with Crippen LogP contribution in [0.1, 0.15) is 41.0 Å². The third kappa shape index (κ3) is 4.92. The second-order valence-electron chi connectivity index (χ2n) is 6.33. The summed E-state index contributed by atoms with van der Waals surface area (Å²) in [6, 6.07) is 14.3. The largest absolute Gasteiger partial charge is 0.507 e. The number of hydrogen-bond acceptors (Lipinski definition) is 5. The molecule has 5 nitrogen and oxygen atoms in total. The number of aliphatic hydroxyl groups is 1. The van der Waals surface area contributed by atoms with Crippen molar-refractivity contribution < 1.29 is 24.9 Å². The summed E-state index contributed by atoms with van der Waals surface area (Å²) in [4.78, 5) is 24.4. The highest BCUT2D eigenvalue weighted by Crippen LogP contribution is 2.35. The van der Waals surface area contributed by atoms with Gasteiger partial charge in [-0.1, -0.05) is 48.0 Å². The Morgan fingerprint density at radius 1 is 0.926 bits per heavy atom. The van der Waals surface area contributed by atoms with Gasteiger partial charge in [-0.15, -0.1) is 0 Å². The first-order valence-electron chi connectivity index (χ1n) is 8.50. The van der Waals surface area contributed by atoms with Gasteiger partial charge in [0, 0.05) is 5.57 Å². The molecule has 0 fully saturated rings. The predicted octanol–water partition coefficient (Wildman–Crippen LogP) is 3.81. The number of carbonyl (C=O) groups excluding carboxylic acids is 2. The van der Waals surface area contributed by atoms with E-state index in [9.17, 15) is 24.9 Å². The maximum Gasteiger partial charge on any atom is 0.196 e. The number of hydrogen-bond donors (Lipinski definition) is 3. The van der Waals surface area contributed by atoms with E-state index in [4.69, 9.17) is 0 Å². The van der Waals surface area contributed by atoms with Gasteiger partial charge in [-0.3, -0.25) is 9.59 Å². The van der Waals surface area contributed by atoms with E-state index in [-0.39, 0.29) is 34.6 Å². The molecule has 0 bridgehead atoms. The number of rotatable bonds is 3. The summed E-state index contributed by atoms with van der Waals surface area (Å²) in [6.45, 7) is 3.71. The van der Waals surface area contributed by atoms with E-state index in [1.807, 2.05) is 50.2 Å². The Morgan fingerprint density at radius 2 is 1.41 bits per heavy atom. The minimum atomic E-state index is -1.13. The fourth-order valence-corrected chi connectivity index (χ4v) is 2.59. The molecule has 3 N–H and O–H groups in total. The second-order valence-corrected chi connectivity index (χ2v) is 6.33. The molecule has 0 saturated heterocycles. The molecule has 0 saturated carbocycles. The van der Waals surface area contributed by atoms with Gasteiger partial charge in [0.05, 0.1) is 17.2 Å². The molecular weight excluding hydrogens is 344 g/mol. The Bertz CT molecular complexity index is 864. The molecule has 0 aromatic heterocycles. The van der Waals surface area contributed by atoms with E-state index in [1.165, 1.54) is 0 Å². The summed E-state index contributed by atoms with van der Waals surface area (Å²) >= 11 is 0. The van der Waals surface area contributed by atoms with Gasteiger partial charge in [-0.05, 0) is 38.5 Å². The van der Waals surface area contributed by atoms with Crippen molar-refractivity contribution in [3.8, 4) is 11.5 Å². The topological polar surface area (TPSA) is 94.8 Å². The summed E-state index contributed by atoms with van der Waals surface area (Å²) in [7, 11) is 0. The van der Waals surface area contributed by atoms with Crippen LogP contribution in [0.3, 0.4) is 0 Å². The number of fused-ring (bicyclic) bond motifs is 1. The zero-order valence-electron chi connectivity index (χ0n) is 15.2. The van der Waals surface area contributed by atoms with Crippen LogP contribution in [0.15, 0.2) is 71.8 Å². The molecule has 0 amide bonds. The molecule has 1 atom stereocenters. The number of benzene rings is 2. The molecule has 0 spiro atoms.